The van der Waals surface area contributed by atoms with E-state index in [2.05, 4.69) is 6.58 Å². The monoisotopic (exact) mass is 236 g/mol. The lowest BCUT2D eigenvalue weighted by Gasteiger charge is -2.13. The van der Waals surface area contributed by atoms with Gasteiger partial charge in [-0.15, -0.1) is 0 Å². The third kappa shape index (κ3) is 3.24. The second kappa shape index (κ2) is 5.94. The number of hydrogen-bond donors (Lipinski definition) is 0. The lowest BCUT2D eigenvalue weighted by Crippen LogP contribution is -2.10. The van der Waals surface area contributed by atoms with Crippen LogP contribution in [0.3, 0.4) is 0 Å². The first kappa shape index (κ1) is 13.1. The van der Waals surface area contributed by atoms with E-state index in [0.717, 1.165) is 0 Å². The van der Waals surface area contributed by atoms with Crippen LogP contribution in [0.25, 0.3) is 0 Å². The maximum Gasteiger partial charge on any atom is 0.338 e. The van der Waals surface area contributed by atoms with Crippen LogP contribution in [0.2, 0.25) is 0 Å². The van der Waals surface area contributed by atoms with Gasteiger partial charge < -0.3 is 14.2 Å². The summed E-state index contributed by atoms with van der Waals surface area (Å²) in [5, 5.41) is 0. The quantitative estimate of drug-likeness (QED) is 0.448. The highest BCUT2D eigenvalue weighted by atomic mass is 16.6. The van der Waals surface area contributed by atoms with Gasteiger partial charge in [0, 0.05) is 5.57 Å². The van der Waals surface area contributed by atoms with E-state index in [1.165, 1.54) is 7.11 Å². The predicted octanol–water partition coefficient (Wildman–Crippen LogP) is 2.58. The van der Waals surface area contributed by atoms with Crippen molar-refractivity contribution in [2.24, 2.45) is 0 Å². The fraction of sp³-hybridized carbons (Fsp3) is 0.308. The molecule has 1 aromatic rings. The van der Waals surface area contributed by atoms with Crippen LogP contribution in [0.4, 0.5) is 0 Å². The largest absolute Gasteiger partial charge is 0.493 e. The van der Waals surface area contributed by atoms with Crippen LogP contribution in [0, 0.1) is 0 Å². The number of ether oxygens (including phenoxy) is 3. The SMILES string of the molecule is C=C(C)C(=O)Oc1c(OC)cccc1OCC. The molecule has 0 heterocycles. The van der Waals surface area contributed by atoms with E-state index >= 15 is 0 Å². The van der Waals surface area contributed by atoms with Gasteiger partial charge in [0.05, 0.1) is 13.7 Å². The van der Waals surface area contributed by atoms with Gasteiger partial charge in [-0.05, 0) is 26.0 Å². The minimum atomic E-state index is -0.504. The van der Waals surface area contributed by atoms with Gasteiger partial charge >= 0.3 is 5.97 Å². The zero-order valence-corrected chi connectivity index (χ0v) is 10.3. The van der Waals surface area contributed by atoms with E-state index in [0.29, 0.717) is 23.7 Å². The Labute approximate surface area is 101 Å². The molecule has 4 nitrogen and oxygen atoms in total. The molecule has 0 fully saturated rings. The average Bonchev–Trinajstić information content (AvgIpc) is 2.31. The number of rotatable bonds is 5. The van der Waals surface area contributed by atoms with Crippen molar-refractivity contribution in [3.8, 4) is 17.2 Å². The topological polar surface area (TPSA) is 44.8 Å². The van der Waals surface area contributed by atoms with E-state index in [-0.39, 0.29) is 5.75 Å². The minimum Gasteiger partial charge on any atom is -0.493 e. The summed E-state index contributed by atoms with van der Waals surface area (Å²) >= 11 is 0. The van der Waals surface area contributed by atoms with Crippen LogP contribution < -0.4 is 14.2 Å². The molecule has 0 aliphatic carbocycles. The Bertz CT molecular complexity index is 423. The van der Waals surface area contributed by atoms with Crippen LogP contribution in [0.1, 0.15) is 13.8 Å². The Morgan fingerprint density at radius 2 is 2.00 bits per heavy atom. The molecule has 0 N–H and O–H groups in total. The van der Waals surface area contributed by atoms with Crippen LogP contribution in [0.15, 0.2) is 30.4 Å². The standard InChI is InChI=1S/C13H16O4/c1-5-16-11-8-6-7-10(15-4)12(11)17-13(14)9(2)3/h6-8H,2,5H2,1,3-4H3. The molecule has 0 saturated heterocycles. The molecule has 0 atom stereocenters. The molecule has 0 aromatic heterocycles. The number of para-hydroxylation sites is 1. The molecule has 0 spiro atoms. The molecule has 1 rings (SSSR count). The molecule has 1 aromatic carbocycles. The van der Waals surface area contributed by atoms with Gasteiger partial charge in [0.25, 0.3) is 0 Å². The summed E-state index contributed by atoms with van der Waals surface area (Å²) < 4.78 is 15.7. The van der Waals surface area contributed by atoms with Crippen LogP contribution in [-0.2, 0) is 4.79 Å². The first-order valence-corrected chi connectivity index (χ1v) is 5.27. The summed E-state index contributed by atoms with van der Waals surface area (Å²) in [4.78, 5) is 11.5. The van der Waals surface area contributed by atoms with Crippen molar-refractivity contribution in [2.45, 2.75) is 13.8 Å². The van der Waals surface area contributed by atoms with Gasteiger partial charge in [0.2, 0.25) is 5.75 Å². The number of esters is 1. The third-order valence-electron chi connectivity index (χ3n) is 2.01. The normalized spacial score (nSPS) is 9.59. The number of benzene rings is 1. The van der Waals surface area contributed by atoms with Crippen molar-refractivity contribution in [3.63, 3.8) is 0 Å². The number of methoxy groups -OCH3 is 1. The van der Waals surface area contributed by atoms with Crippen LogP contribution >= 0.6 is 0 Å². The molecule has 0 radical (unpaired) electrons. The summed E-state index contributed by atoms with van der Waals surface area (Å²) in [5.41, 5.74) is 0.318. The average molecular weight is 236 g/mol. The lowest BCUT2D eigenvalue weighted by atomic mass is 10.3. The molecule has 0 aliphatic rings. The van der Waals surface area contributed by atoms with E-state index in [1.807, 2.05) is 6.92 Å². The van der Waals surface area contributed by atoms with E-state index in [1.54, 1.807) is 25.1 Å². The molecular formula is C13H16O4. The fourth-order valence-electron chi connectivity index (χ4n) is 1.21. The summed E-state index contributed by atoms with van der Waals surface area (Å²) in [5.74, 6) is 0.701. The maximum atomic E-state index is 11.5. The summed E-state index contributed by atoms with van der Waals surface area (Å²) in [7, 11) is 1.50. The Kier molecular flexibility index (Phi) is 4.57. The zero-order chi connectivity index (χ0) is 12.8. The van der Waals surface area contributed by atoms with Crippen molar-refractivity contribution in [2.75, 3.05) is 13.7 Å². The summed E-state index contributed by atoms with van der Waals surface area (Å²) in [6, 6.07) is 5.18. The number of carbonyl (C=O) groups is 1. The smallest absolute Gasteiger partial charge is 0.338 e. The Hall–Kier alpha value is -1.97. The molecule has 17 heavy (non-hydrogen) atoms. The third-order valence-corrected chi connectivity index (χ3v) is 2.01. The van der Waals surface area contributed by atoms with Crippen LogP contribution in [0.5, 0.6) is 17.2 Å². The van der Waals surface area contributed by atoms with E-state index in [4.69, 9.17) is 14.2 Å². The maximum absolute atomic E-state index is 11.5. The van der Waals surface area contributed by atoms with E-state index in [9.17, 15) is 4.79 Å². The van der Waals surface area contributed by atoms with Gasteiger partial charge in [0.1, 0.15) is 0 Å². The predicted molar refractivity (Wildman–Crippen MR) is 64.6 cm³/mol. The molecule has 0 amide bonds. The van der Waals surface area contributed by atoms with Gasteiger partial charge in [-0.3, -0.25) is 0 Å². The summed E-state index contributed by atoms with van der Waals surface area (Å²) in [6.45, 7) is 7.44. The molecule has 0 saturated carbocycles. The minimum absolute atomic E-state index is 0.282. The van der Waals surface area contributed by atoms with Crippen LogP contribution in [-0.4, -0.2) is 19.7 Å². The molecule has 92 valence electrons. The van der Waals surface area contributed by atoms with Crippen molar-refractivity contribution in [1.82, 2.24) is 0 Å². The number of hydrogen-bond acceptors (Lipinski definition) is 4. The van der Waals surface area contributed by atoms with Gasteiger partial charge in [-0.25, -0.2) is 4.79 Å². The second-order valence-electron chi connectivity index (χ2n) is 3.39. The van der Waals surface area contributed by atoms with Crippen molar-refractivity contribution in [1.29, 1.82) is 0 Å². The molecule has 4 heteroatoms. The molecular weight excluding hydrogens is 220 g/mol. The fourth-order valence-corrected chi connectivity index (χ4v) is 1.21. The van der Waals surface area contributed by atoms with Crippen molar-refractivity contribution in [3.05, 3.63) is 30.4 Å². The van der Waals surface area contributed by atoms with Gasteiger partial charge in [0.15, 0.2) is 11.5 Å². The molecule has 0 unspecified atom stereocenters. The van der Waals surface area contributed by atoms with Gasteiger partial charge in [-0.2, -0.15) is 0 Å². The Morgan fingerprint density at radius 1 is 1.35 bits per heavy atom. The molecule has 0 aliphatic heterocycles. The Morgan fingerprint density at radius 3 is 2.53 bits per heavy atom. The lowest BCUT2D eigenvalue weighted by molar-refractivity contribution is -0.130. The highest BCUT2D eigenvalue weighted by molar-refractivity contribution is 5.89. The van der Waals surface area contributed by atoms with Crippen molar-refractivity contribution < 1.29 is 19.0 Å². The highest BCUT2D eigenvalue weighted by Gasteiger charge is 2.16. The summed E-state index contributed by atoms with van der Waals surface area (Å²) in [6.07, 6.45) is 0. The number of carbonyl (C=O) groups excluding carboxylic acids is 1. The highest BCUT2D eigenvalue weighted by Crippen LogP contribution is 2.37. The first-order chi connectivity index (χ1) is 8.10. The Balaban J connectivity index is 3.08. The second-order valence-corrected chi connectivity index (χ2v) is 3.39. The van der Waals surface area contributed by atoms with E-state index < -0.39 is 5.97 Å². The van der Waals surface area contributed by atoms with Crippen molar-refractivity contribution >= 4 is 5.97 Å². The van der Waals surface area contributed by atoms with Gasteiger partial charge in [-0.1, -0.05) is 12.6 Å². The zero-order valence-electron chi connectivity index (χ0n) is 10.3. The molecule has 0 bridgehead atoms. The first-order valence-electron chi connectivity index (χ1n) is 5.27.